The van der Waals surface area contributed by atoms with Gasteiger partial charge < -0.3 is 9.84 Å². The second-order valence-corrected chi connectivity index (χ2v) is 4.96. The molecule has 0 amide bonds. The lowest BCUT2D eigenvalue weighted by Crippen LogP contribution is -2.18. The molecular weight excluding hydrogens is 222 g/mol. The van der Waals surface area contributed by atoms with Crippen molar-refractivity contribution >= 4 is 11.3 Å². The van der Waals surface area contributed by atoms with Gasteiger partial charge in [0, 0.05) is 18.8 Å². The smallest absolute Gasteiger partial charge is 0.178 e. The van der Waals surface area contributed by atoms with Crippen LogP contribution >= 0.6 is 11.3 Å². The molecule has 0 aliphatic rings. The number of hydrogen-bond donors (Lipinski definition) is 1. The van der Waals surface area contributed by atoms with Gasteiger partial charge in [-0.1, -0.05) is 19.0 Å². The summed E-state index contributed by atoms with van der Waals surface area (Å²) in [4.78, 5) is 5.02. The highest BCUT2D eigenvalue weighted by molar-refractivity contribution is 7.13. The van der Waals surface area contributed by atoms with E-state index in [1.807, 2.05) is 6.07 Å². The summed E-state index contributed by atoms with van der Waals surface area (Å²) in [6.07, 6.45) is 1.79. The van der Waals surface area contributed by atoms with Gasteiger partial charge in [0.1, 0.15) is 0 Å². The van der Waals surface area contributed by atoms with Crippen molar-refractivity contribution in [1.29, 1.82) is 0 Å². The molecule has 2 aromatic heterocycles. The Hall–Kier alpha value is -1.20. The normalized spacial score (nSPS) is 11.2. The molecule has 0 bridgehead atoms. The van der Waals surface area contributed by atoms with Crippen LogP contribution in [0.1, 0.15) is 19.5 Å². The van der Waals surface area contributed by atoms with E-state index < -0.39 is 0 Å². The monoisotopic (exact) mass is 237 g/mol. The van der Waals surface area contributed by atoms with Crippen LogP contribution in [0.5, 0.6) is 0 Å². The van der Waals surface area contributed by atoms with Gasteiger partial charge in [-0.2, -0.15) is 0 Å². The molecule has 4 nitrogen and oxygen atoms in total. The Balaban J connectivity index is 1.93. The zero-order valence-corrected chi connectivity index (χ0v) is 10.3. The highest BCUT2D eigenvalue weighted by atomic mass is 32.1. The SMILES string of the molecule is CC(C)CNCc1cc(-c2cncs2)on1. The maximum atomic E-state index is 5.25. The average Bonchev–Trinajstić information content (AvgIpc) is 2.85. The van der Waals surface area contributed by atoms with Crippen molar-refractivity contribution < 1.29 is 4.52 Å². The fraction of sp³-hybridized carbons (Fsp3) is 0.455. The second kappa shape index (κ2) is 5.23. The molecule has 0 radical (unpaired) electrons. The van der Waals surface area contributed by atoms with Crippen molar-refractivity contribution in [2.45, 2.75) is 20.4 Å². The minimum atomic E-state index is 0.646. The van der Waals surface area contributed by atoms with Crippen LogP contribution < -0.4 is 5.32 Å². The Morgan fingerprint density at radius 3 is 3.06 bits per heavy atom. The summed E-state index contributed by atoms with van der Waals surface area (Å²) in [6, 6.07) is 1.96. The molecule has 0 unspecified atom stereocenters. The summed E-state index contributed by atoms with van der Waals surface area (Å²) < 4.78 is 5.25. The lowest BCUT2D eigenvalue weighted by atomic mass is 10.2. The van der Waals surface area contributed by atoms with E-state index in [0.717, 1.165) is 29.4 Å². The fourth-order valence-corrected chi connectivity index (χ4v) is 1.91. The number of nitrogens with zero attached hydrogens (tertiary/aromatic N) is 2. The van der Waals surface area contributed by atoms with E-state index in [2.05, 4.69) is 29.3 Å². The average molecular weight is 237 g/mol. The number of aromatic nitrogens is 2. The maximum absolute atomic E-state index is 5.25. The third-order valence-corrected chi connectivity index (χ3v) is 2.88. The highest BCUT2D eigenvalue weighted by Gasteiger charge is 2.07. The molecule has 0 aliphatic heterocycles. The molecule has 5 heteroatoms. The molecule has 2 heterocycles. The predicted molar refractivity (Wildman–Crippen MR) is 64.2 cm³/mol. The van der Waals surface area contributed by atoms with E-state index in [1.54, 1.807) is 23.0 Å². The van der Waals surface area contributed by atoms with Crippen molar-refractivity contribution in [3.8, 4) is 10.6 Å². The largest absolute Gasteiger partial charge is 0.355 e. The van der Waals surface area contributed by atoms with Crippen molar-refractivity contribution in [2.75, 3.05) is 6.54 Å². The molecule has 1 N–H and O–H groups in total. The minimum absolute atomic E-state index is 0.646. The van der Waals surface area contributed by atoms with Gasteiger partial charge in [-0.15, -0.1) is 11.3 Å². The zero-order valence-electron chi connectivity index (χ0n) is 9.43. The van der Waals surface area contributed by atoms with Crippen LogP contribution in [0, 0.1) is 5.92 Å². The van der Waals surface area contributed by atoms with E-state index in [4.69, 9.17) is 4.52 Å². The van der Waals surface area contributed by atoms with Crippen LogP contribution in [0.2, 0.25) is 0 Å². The van der Waals surface area contributed by atoms with Gasteiger partial charge in [0.05, 0.1) is 16.1 Å². The zero-order chi connectivity index (χ0) is 11.4. The van der Waals surface area contributed by atoms with Crippen LogP contribution in [0.4, 0.5) is 0 Å². The maximum Gasteiger partial charge on any atom is 0.178 e. The van der Waals surface area contributed by atoms with E-state index in [1.165, 1.54) is 0 Å². The van der Waals surface area contributed by atoms with E-state index in [0.29, 0.717) is 5.92 Å². The Morgan fingerprint density at radius 1 is 1.50 bits per heavy atom. The lowest BCUT2D eigenvalue weighted by molar-refractivity contribution is 0.418. The first-order chi connectivity index (χ1) is 7.75. The molecule has 0 fully saturated rings. The van der Waals surface area contributed by atoms with Gasteiger partial charge in [0.15, 0.2) is 5.76 Å². The molecule has 86 valence electrons. The third-order valence-electron chi connectivity index (χ3n) is 2.09. The first-order valence-corrected chi connectivity index (χ1v) is 6.19. The molecule has 0 aromatic carbocycles. The predicted octanol–water partition coefficient (Wildman–Crippen LogP) is 2.54. The molecule has 2 rings (SSSR count). The minimum Gasteiger partial charge on any atom is -0.355 e. The summed E-state index contributed by atoms with van der Waals surface area (Å²) >= 11 is 1.55. The third kappa shape index (κ3) is 2.90. The first-order valence-electron chi connectivity index (χ1n) is 5.31. The summed E-state index contributed by atoms with van der Waals surface area (Å²) in [7, 11) is 0. The number of thiazole rings is 1. The Kier molecular flexibility index (Phi) is 3.69. The van der Waals surface area contributed by atoms with Crippen molar-refractivity contribution in [1.82, 2.24) is 15.5 Å². The van der Waals surface area contributed by atoms with Gasteiger partial charge in [0.2, 0.25) is 0 Å². The summed E-state index contributed by atoms with van der Waals surface area (Å²) in [5.41, 5.74) is 2.72. The van der Waals surface area contributed by atoms with Gasteiger partial charge in [-0.3, -0.25) is 4.98 Å². The second-order valence-electron chi connectivity index (χ2n) is 4.07. The topological polar surface area (TPSA) is 51.0 Å². The molecular formula is C11H15N3OS. The van der Waals surface area contributed by atoms with E-state index in [-0.39, 0.29) is 0 Å². The summed E-state index contributed by atoms with van der Waals surface area (Å²) in [5, 5.41) is 7.34. The van der Waals surface area contributed by atoms with Crippen molar-refractivity contribution in [3.63, 3.8) is 0 Å². The van der Waals surface area contributed by atoms with E-state index in [9.17, 15) is 0 Å². The van der Waals surface area contributed by atoms with Crippen molar-refractivity contribution in [3.05, 3.63) is 23.5 Å². The Labute approximate surface area is 98.7 Å². The van der Waals surface area contributed by atoms with Crippen LogP contribution in [0.25, 0.3) is 10.6 Å². The molecule has 0 saturated heterocycles. The van der Waals surface area contributed by atoms with E-state index >= 15 is 0 Å². The van der Waals surface area contributed by atoms with Gasteiger partial charge in [0.25, 0.3) is 0 Å². The summed E-state index contributed by atoms with van der Waals surface area (Å²) in [5.74, 6) is 1.44. The lowest BCUT2D eigenvalue weighted by Gasteiger charge is -2.03. The molecule has 0 atom stereocenters. The van der Waals surface area contributed by atoms with Crippen LogP contribution in [0.15, 0.2) is 22.3 Å². The van der Waals surface area contributed by atoms with Crippen LogP contribution in [0.3, 0.4) is 0 Å². The van der Waals surface area contributed by atoms with Crippen LogP contribution in [-0.4, -0.2) is 16.7 Å². The van der Waals surface area contributed by atoms with Crippen LogP contribution in [-0.2, 0) is 6.54 Å². The Bertz CT molecular complexity index is 422. The van der Waals surface area contributed by atoms with Crippen molar-refractivity contribution in [2.24, 2.45) is 5.92 Å². The molecule has 16 heavy (non-hydrogen) atoms. The highest BCUT2D eigenvalue weighted by Crippen LogP contribution is 2.23. The van der Waals surface area contributed by atoms with Gasteiger partial charge >= 0.3 is 0 Å². The van der Waals surface area contributed by atoms with Gasteiger partial charge in [-0.25, -0.2) is 0 Å². The molecule has 2 aromatic rings. The Morgan fingerprint density at radius 2 is 2.38 bits per heavy atom. The van der Waals surface area contributed by atoms with Gasteiger partial charge in [-0.05, 0) is 12.5 Å². The molecule has 0 spiro atoms. The standard InChI is InChI=1S/C11H15N3OS/c1-8(2)4-12-5-9-3-10(15-14-9)11-6-13-7-16-11/h3,6-8,12H,4-5H2,1-2H3. The molecule has 0 aliphatic carbocycles. The number of hydrogen-bond acceptors (Lipinski definition) is 5. The quantitative estimate of drug-likeness (QED) is 0.868. The number of rotatable bonds is 5. The summed E-state index contributed by atoms with van der Waals surface area (Å²) in [6.45, 7) is 6.10. The number of nitrogens with one attached hydrogen (secondary N) is 1. The molecule has 0 saturated carbocycles. The first kappa shape index (κ1) is 11.3. The fourth-order valence-electron chi connectivity index (χ4n) is 1.34.